The summed E-state index contributed by atoms with van der Waals surface area (Å²) in [6.07, 6.45) is 5.61. The highest BCUT2D eigenvalue weighted by atomic mass is 32.1. The number of ether oxygens (including phenoxy) is 1. The number of aromatic nitrogens is 3. The second-order valence-electron chi connectivity index (χ2n) is 6.97. The summed E-state index contributed by atoms with van der Waals surface area (Å²) in [5, 5.41) is 12.5. The summed E-state index contributed by atoms with van der Waals surface area (Å²) >= 11 is 1.31. The predicted octanol–water partition coefficient (Wildman–Crippen LogP) is 3.71. The molecule has 2 aromatic heterocycles. The number of carbonyl (C=O) groups is 2. The van der Waals surface area contributed by atoms with Gasteiger partial charge >= 0.3 is 5.97 Å². The molecule has 0 saturated carbocycles. The number of amides is 1. The zero-order chi connectivity index (χ0) is 20.2. The number of pyridine rings is 1. The van der Waals surface area contributed by atoms with Crippen LogP contribution in [0.25, 0.3) is 10.9 Å². The number of benzene rings is 1. The quantitative estimate of drug-likeness (QED) is 0.509. The molecule has 29 heavy (non-hydrogen) atoms. The molecule has 0 fully saturated rings. The van der Waals surface area contributed by atoms with Crippen LogP contribution in [0.4, 0.5) is 5.13 Å². The van der Waals surface area contributed by atoms with Crippen molar-refractivity contribution in [1.29, 1.82) is 0 Å². The summed E-state index contributed by atoms with van der Waals surface area (Å²) in [5.74, 6) is -0.912. The van der Waals surface area contributed by atoms with Gasteiger partial charge in [0, 0.05) is 11.1 Å². The van der Waals surface area contributed by atoms with E-state index in [9.17, 15) is 9.59 Å². The third kappa shape index (κ3) is 4.27. The summed E-state index contributed by atoms with van der Waals surface area (Å²) in [6.45, 7) is 1.60. The van der Waals surface area contributed by atoms with Gasteiger partial charge in [0.1, 0.15) is 5.01 Å². The molecule has 0 saturated heterocycles. The maximum absolute atomic E-state index is 13.0. The van der Waals surface area contributed by atoms with Crippen molar-refractivity contribution < 1.29 is 14.3 Å². The molecule has 1 N–H and O–H groups in total. The van der Waals surface area contributed by atoms with Gasteiger partial charge in [0.15, 0.2) is 6.61 Å². The lowest BCUT2D eigenvalue weighted by Crippen LogP contribution is -2.22. The van der Waals surface area contributed by atoms with Gasteiger partial charge < -0.3 is 4.74 Å². The highest BCUT2D eigenvalue weighted by Gasteiger charge is 2.23. The van der Waals surface area contributed by atoms with Crippen LogP contribution in [0.3, 0.4) is 0 Å². The first-order valence-corrected chi connectivity index (χ1v) is 10.7. The lowest BCUT2D eigenvalue weighted by atomic mass is 9.97. The highest BCUT2D eigenvalue weighted by molar-refractivity contribution is 7.15. The molecular formula is C21H22N4O3S. The Bertz CT molecular complexity index is 1060. The van der Waals surface area contributed by atoms with Gasteiger partial charge in [-0.2, -0.15) is 0 Å². The number of hydrogen-bond acceptors (Lipinski definition) is 7. The number of hydrogen-bond donors (Lipinski definition) is 1. The summed E-state index contributed by atoms with van der Waals surface area (Å²) in [4.78, 5) is 30.0. The number of rotatable bonds is 5. The van der Waals surface area contributed by atoms with Crippen molar-refractivity contribution in [3.8, 4) is 0 Å². The average Bonchev–Trinajstić information content (AvgIpc) is 3.06. The second-order valence-corrected chi connectivity index (χ2v) is 8.03. The van der Waals surface area contributed by atoms with E-state index < -0.39 is 11.9 Å². The molecule has 3 aromatic rings. The molecule has 4 rings (SSSR count). The van der Waals surface area contributed by atoms with E-state index in [1.165, 1.54) is 11.3 Å². The van der Waals surface area contributed by atoms with Crippen molar-refractivity contribution in [3.63, 3.8) is 0 Å². The summed E-state index contributed by atoms with van der Waals surface area (Å²) in [7, 11) is 0. The number of nitrogens with zero attached hydrogens (tertiary/aromatic N) is 3. The minimum atomic E-state index is -0.483. The molecule has 2 heterocycles. The number of carbonyl (C=O) groups excluding carboxylic acids is 2. The Hall–Kier alpha value is -2.87. The largest absolute Gasteiger partial charge is 0.452 e. The molecule has 0 atom stereocenters. The zero-order valence-electron chi connectivity index (χ0n) is 16.2. The fraction of sp³-hybridized carbons (Fsp3) is 0.381. The predicted molar refractivity (Wildman–Crippen MR) is 111 cm³/mol. The topological polar surface area (TPSA) is 94.1 Å². The number of aryl methyl sites for hydroxylation is 2. The molecule has 0 aliphatic heterocycles. The SMILES string of the molecule is CCc1nnc(NC(=O)COC(=O)c2c3c(nc4ccccc24)CCCCC3)s1. The Morgan fingerprint density at radius 3 is 2.79 bits per heavy atom. The minimum Gasteiger partial charge on any atom is -0.452 e. The van der Waals surface area contributed by atoms with E-state index in [4.69, 9.17) is 9.72 Å². The molecule has 1 aliphatic rings. The van der Waals surface area contributed by atoms with Crippen LogP contribution in [0, 0.1) is 0 Å². The van der Waals surface area contributed by atoms with Crippen molar-refractivity contribution in [2.45, 2.75) is 45.4 Å². The highest BCUT2D eigenvalue weighted by Crippen LogP contribution is 2.29. The van der Waals surface area contributed by atoms with Crippen molar-refractivity contribution in [2.24, 2.45) is 0 Å². The number of anilines is 1. The molecule has 0 spiro atoms. The van der Waals surface area contributed by atoms with E-state index in [2.05, 4.69) is 15.5 Å². The standard InChI is InChI=1S/C21H22N4O3S/c1-2-18-24-25-21(29-18)23-17(26)12-28-20(27)19-13-8-4-3-5-10-15(13)22-16-11-7-6-9-14(16)19/h6-7,9,11H,2-5,8,10,12H2,1H3,(H,23,25,26). The summed E-state index contributed by atoms with van der Waals surface area (Å²) in [6, 6.07) is 7.59. The van der Waals surface area contributed by atoms with Crippen LogP contribution < -0.4 is 5.32 Å². The molecule has 0 radical (unpaired) electrons. The van der Waals surface area contributed by atoms with Gasteiger partial charge in [0.25, 0.3) is 5.91 Å². The molecule has 1 amide bonds. The third-order valence-corrected chi connectivity index (χ3v) is 5.96. The molecule has 0 unspecified atom stereocenters. The number of fused-ring (bicyclic) bond motifs is 2. The Balaban J connectivity index is 1.54. The first-order chi connectivity index (χ1) is 14.2. The molecule has 1 aliphatic carbocycles. The molecule has 150 valence electrons. The molecule has 0 bridgehead atoms. The maximum atomic E-state index is 13.0. The normalized spacial score (nSPS) is 13.6. The molecular weight excluding hydrogens is 388 g/mol. The minimum absolute atomic E-state index is 0.370. The first-order valence-electron chi connectivity index (χ1n) is 9.85. The van der Waals surface area contributed by atoms with Gasteiger partial charge in [-0.05, 0) is 43.7 Å². The lowest BCUT2D eigenvalue weighted by molar-refractivity contribution is -0.119. The fourth-order valence-electron chi connectivity index (χ4n) is 3.59. The fourth-order valence-corrected chi connectivity index (χ4v) is 4.28. The molecule has 1 aromatic carbocycles. The van der Waals surface area contributed by atoms with Crippen LogP contribution in [0.1, 0.15) is 52.8 Å². The van der Waals surface area contributed by atoms with Crippen LogP contribution in [-0.4, -0.2) is 33.7 Å². The molecule has 7 nitrogen and oxygen atoms in total. The van der Waals surface area contributed by atoms with E-state index in [1.807, 2.05) is 31.2 Å². The first kappa shape index (κ1) is 19.4. The van der Waals surface area contributed by atoms with Gasteiger partial charge in [-0.15, -0.1) is 10.2 Å². The monoisotopic (exact) mass is 410 g/mol. The lowest BCUT2D eigenvalue weighted by Gasteiger charge is -2.14. The van der Waals surface area contributed by atoms with Crippen LogP contribution in [0.5, 0.6) is 0 Å². The Morgan fingerprint density at radius 2 is 1.97 bits per heavy atom. The smallest absolute Gasteiger partial charge is 0.339 e. The van der Waals surface area contributed by atoms with E-state index in [1.54, 1.807) is 0 Å². The van der Waals surface area contributed by atoms with Gasteiger partial charge in [-0.25, -0.2) is 4.79 Å². The second kappa shape index (κ2) is 8.65. The number of nitrogens with one attached hydrogen (secondary N) is 1. The van der Waals surface area contributed by atoms with Crippen LogP contribution in [0.2, 0.25) is 0 Å². The zero-order valence-corrected chi connectivity index (χ0v) is 17.1. The van der Waals surface area contributed by atoms with E-state index in [0.29, 0.717) is 10.7 Å². The Labute approximate surface area is 172 Å². The van der Waals surface area contributed by atoms with Crippen LogP contribution in [-0.2, 0) is 28.8 Å². The molecule has 8 heteroatoms. The number of para-hydroxylation sites is 1. The van der Waals surface area contributed by atoms with Crippen LogP contribution in [0.15, 0.2) is 24.3 Å². The maximum Gasteiger partial charge on any atom is 0.339 e. The van der Waals surface area contributed by atoms with E-state index in [-0.39, 0.29) is 6.61 Å². The van der Waals surface area contributed by atoms with E-state index in [0.717, 1.165) is 65.7 Å². The number of esters is 1. The van der Waals surface area contributed by atoms with Gasteiger partial charge in [0.05, 0.1) is 11.1 Å². The van der Waals surface area contributed by atoms with Crippen LogP contribution >= 0.6 is 11.3 Å². The third-order valence-electron chi connectivity index (χ3n) is 4.97. The van der Waals surface area contributed by atoms with Gasteiger partial charge in [0.2, 0.25) is 5.13 Å². The van der Waals surface area contributed by atoms with Crippen molar-refractivity contribution in [2.75, 3.05) is 11.9 Å². The summed E-state index contributed by atoms with van der Waals surface area (Å²) < 4.78 is 5.39. The van der Waals surface area contributed by atoms with Crippen molar-refractivity contribution in [1.82, 2.24) is 15.2 Å². The van der Waals surface area contributed by atoms with Gasteiger partial charge in [-0.3, -0.25) is 15.1 Å². The Morgan fingerprint density at radius 1 is 1.14 bits per heavy atom. The van der Waals surface area contributed by atoms with E-state index >= 15 is 0 Å². The van der Waals surface area contributed by atoms with Crippen molar-refractivity contribution >= 4 is 39.2 Å². The Kier molecular flexibility index (Phi) is 5.80. The van der Waals surface area contributed by atoms with Crippen molar-refractivity contribution in [3.05, 3.63) is 46.1 Å². The summed E-state index contributed by atoms with van der Waals surface area (Å²) in [5.41, 5.74) is 3.26. The average molecular weight is 410 g/mol. The van der Waals surface area contributed by atoms with Gasteiger partial charge in [-0.1, -0.05) is 42.9 Å².